The van der Waals surface area contributed by atoms with Gasteiger partial charge < -0.3 is 14.8 Å². The van der Waals surface area contributed by atoms with E-state index >= 15 is 0 Å². The fraction of sp³-hybridized carbons (Fsp3) is 0.150. The number of non-ortho nitro benzene ring substituents is 1. The molecule has 7 nitrogen and oxygen atoms in total. The molecule has 0 saturated heterocycles. The Bertz CT molecular complexity index is 1070. The summed E-state index contributed by atoms with van der Waals surface area (Å²) in [6.45, 7) is 2.22. The summed E-state index contributed by atoms with van der Waals surface area (Å²) >= 11 is 7.39. The maximum absolute atomic E-state index is 12.5. The molecule has 0 bridgehead atoms. The third kappa shape index (κ3) is 5.04. The van der Waals surface area contributed by atoms with Crippen LogP contribution in [0.3, 0.4) is 0 Å². The van der Waals surface area contributed by atoms with Crippen molar-refractivity contribution in [1.29, 1.82) is 0 Å². The average molecular weight is 433 g/mol. The first-order valence-electron chi connectivity index (χ1n) is 8.47. The van der Waals surface area contributed by atoms with Crippen LogP contribution < -0.4 is 14.8 Å². The van der Waals surface area contributed by atoms with Gasteiger partial charge >= 0.3 is 0 Å². The second-order valence-corrected chi connectivity index (χ2v) is 7.46. The van der Waals surface area contributed by atoms with Gasteiger partial charge in [0.2, 0.25) is 0 Å². The lowest BCUT2D eigenvalue weighted by Gasteiger charge is -2.09. The number of amides is 1. The molecular formula is C20H17ClN2O5S. The first kappa shape index (κ1) is 20.6. The fourth-order valence-electron chi connectivity index (χ4n) is 2.53. The standard InChI is InChI=1S/C20H17ClN2O5S/c1-12-3-5-15(21)17(7-12)28-10-13-8-19(29-11-13)20(24)22-16-6-4-14(23(25)26)9-18(16)27-2/h3-9,11H,10H2,1-2H3,(H,22,24). The molecule has 0 fully saturated rings. The van der Waals surface area contributed by atoms with Crippen LogP contribution in [0.1, 0.15) is 20.8 Å². The normalized spacial score (nSPS) is 10.4. The number of methoxy groups -OCH3 is 1. The predicted octanol–water partition coefficient (Wildman–Crippen LogP) is 5.46. The van der Waals surface area contributed by atoms with Gasteiger partial charge in [0.05, 0.1) is 33.7 Å². The van der Waals surface area contributed by atoms with E-state index in [0.29, 0.717) is 21.3 Å². The van der Waals surface area contributed by atoms with E-state index in [-0.39, 0.29) is 24.0 Å². The number of nitro benzene ring substituents is 1. The van der Waals surface area contributed by atoms with E-state index in [1.165, 1.54) is 36.6 Å². The Morgan fingerprint density at radius 1 is 1.21 bits per heavy atom. The lowest BCUT2D eigenvalue weighted by Crippen LogP contribution is -2.11. The third-order valence-corrected chi connectivity index (χ3v) is 5.29. The van der Waals surface area contributed by atoms with Gasteiger partial charge in [0.15, 0.2) is 0 Å². The van der Waals surface area contributed by atoms with Crippen LogP contribution in [0.25, 0.3) is 0 Å². The SMILES string of the molecule is COc1cc([N+](=O)[O-])ccc1NC(=O)c1cc(COc2cc(C)ccc2Cl)cs1. The monoisotopic (exact) mass is 432 g/mol. The van der Waals surface area contributed by atoms with Crippen LogP contribution in [0.15, 0.2) is 47.8 Å². The van der Waals surface area contributed by atoms with E-state index < -0.39 is 4.92 Å². The number of hydrogen-bond donors (Lipinski definition) is 1. The van der Waals surface area contributed by atoms with Gasteiger partial charge in [-0.05, 0) is 42.1 Å². The number of nitrogens with one attached hydrogen (secondary N) is 1. The molecule has 2 aromatic carbocycles. The molecule has 1 N–H and O–H groups in total. The second kappa shape index (κ2) is 8.93. The highest BCUT2D eigenvalue weighted by atomic mass is 35.5. The van der Waals surface area contributed by atoms with Crippen LogP contribution in [-0.2, 0) is 6.61 Å². The predicted molar refractivity (Wildman–Crippen MR) is 112 cm³/mol. The molecule has 0 saturated carbocycles. The molecule has 1 heterocycles. The molecule has 9 heteroatoms. The molecule has 3 aromatic rings. The maximum atomic E-state index is 12.5. The summed E-state index contributed by atoms with van der Waals surface area (Å²) in [6, 6.07) is 11.2. The zero-order valence-electron chi connectivity index (χ0n) is 15.6. The molecule has 1 aromatic heterocycles. The molecule has 29 heavy (non-hydrogen) atoms. The molecule has 0 aliphatic carbocycles. The van der Waals surface area contributed by atoms with Crippen molar-refractivity contribution < 1.29 is 19.2 Å². The van der Waals surface area contributed by atoms with Gasteiger partial charge in [-0.1, -0.05) is 17.7 Å². The van der Waals surface area contributed by atoms with Crippen LogP contribution in [0.2, 0.25) is 5.02 Å². The minimum absolute atomic E-state index is 0.120. The number of hydrogen-bond acceptors (Lipinski definition) is 6. The Morgan fingerprint density at radius 3 is 2.72 bits per heavy atom. The molecule has 0 radical (unpaired) electrons. The topological polar surface area (TPSA) is 90.7 Å². The Labute approximate surface area is 176 Å². The quantitative estimate of drug-likeness (QED) is 0.395. The number of nitro groups is 1. The minimum Gasteiger partial charge on any atom is -0.494 e. The molecule has 150 valence electrons. The van der Waals surface area contributed by atoms with Crippen LogP contribution in [-0.4, -0.2) is 17.9 Å². The zero-order valence-corrected chi connectivity index (χ0v) is 17.2. The van der Waals surface area contributed by atoms with Gasteiger partial charge in [-0.25, -0.2) is 0 Å². The lowest BCUT2D eigenvalue weighted by atomic mass is 10.2. The summed E-state index contributed by atoms with van der Waals surface area (Å²) in [7, 11) is 1.38. The molecule has 0 unspecified atom stereocenters. The molecule has 3 rings (SSSR count). The zero-order chi connectivity index (χ0) is 21.0. The second-order valence-electron chi connectivity index (χ2n) is 6.14. The van der Waals surface area contributed by atoms with Crippen molar-refractivity contribution in [2.45, 2.75) is 13.5 Å². The Balaban J connectivity index is 1.68. The van der Waals surface area contributed by atoms with Gasteiger partial charge in [-0.15, -0.1) is 11.3 Å². The van der Waals surface area contributed by atoms with Gasteiger partial charge in [0.25, 0.3) is 11.6 Å². The number of carbonyl (C=O) groups is 1. The van der Waals surface area contributed by atoms with E-state index in [0.717, 1.165) is 11.1 Å². The molecule has 0 aliphatic heterocycles. The van der Waals surface area contributed by atoms with E-state index in [2.05, 4.69) is 5.32 Å². The van der Waals surface area contributed by atoms with Crippen molar-refractivity contribution in [3.05, 3.63) is 79.0 Å². The number of nitrogens with zero attached hydrogens (tertiary/aromatic N) is 1. The highest BCUT2D eigenvalue weighted by Crippen LogP contribution is 2.30. The largest absolute Gasteiger partial charge is 0.494 e. The van der Waals surface area contributed by atoms with Crippen LogP contribution >= 0.6 is 22.9 Å². The van der Waals surface area contributed by atoms with E-state index in [1.807, 2.05) is 24.4 Å². The number of benzene rings is 2. The first-order valence-corrected chi connectivity index (χ1v) is 9.73. The summed E-state index contributed by atoms with van der Waals surface area (Å²) in [5, 5.41) is 15.9. The Hall–Kier alpha value is -3.10. The van der Waals surface area contributed by atoms with Crippen molar-refractivity contribution in [1.82, 2.24) is 0 Å². The van der Waals surface area contributed by atoms with E-state index in [1.54, 1.807) is 12.1 Å². The average Bonchev–Trinajstić information content (AvgIpc) is 3.18. The number of anilines is 1. The van der Waals surface area contributed by atoms with Crippen LogP contribution in [0.5, 0.6) is 11.5 Å². The van der Waals surface area contributed by atoms with Crippen LogP contribution in [0, 0.1) is 17.0 Å². The van der Waals surface area contributed by atoms with Gasteiger partial charge in [0.1, 0.15) is 18.1 Å². The van der Waals surface area contributed by atoms with Crippen molar-refractivity contribution in [3.8, 4) is 11.5 Å². The summed E-state index contributed by atoms with van der Waals surface area (Å²) < 4.78 is 10.9. The van der Waals surface area contributed by atoms with Crippen LogP contribution in [0.4, 0.5) is 11.4 Å². The van der Waals surface area contributed by atoms with Gasteiger partial charge in [-0.2, -0.15) is 0 Å². The number of thiophene rings is 1. The smallest absolute Gasteiger partial charge is 0.273 e. The molecule has 1 amide bonds. The van der Waals surface area contributed by atoms with Gasteiger partial charge in [-0.3, -0.25) is 14.9 Å². The lowest BCUT2D eigenvalue weighted by molar-refractivity contribution is -0.384. The van der Waals surface area contributed by atoms with E-state index in [9.17, 15) is 14.9 Å². The summed E-state index contributed by atoms with van der Waals surface area (Å²) in [4.78, 5) is 23.4. The van der Waals surface area contributed by atoms with Gasteiger partial charge in [0, 0.05) is 11.6 Å². The molecule has 0 spiro atoms. The summed E-state index contributed by atoms with van der Waals surface area (Å²) in [5.74, 6) is 0.447. The number of rotatable bonds is 7. The fourth-order valence-corrected chi connectivity index (χ4v) is 3.50. The Kier molecular flexibility index (Phi) is 6.36. The van der Waals surface area contributed by atoms with Crippen molar-refractivity contribution in [2.24, 2.45) is 0 Å². The maximum Gasteiger partial charge on any atom is 0.273 e. The summed E-state index contributed by atoms with van der Waals surface area (Å²) in [5.41, 5.74) is 2.09. The third-order valence-electron chi connectivity index (χ3n) is 4.00. The van der Waals surface area contributed by atoms with Crippen molar-refractivity contribution >= 4 is 40.2 Å². The Morgan fingerprint density at radius 2 is 2.00 bits per heavy atom. The number of aryl methyl sites for hydroxylation is 1. The number of carbonyl (C=O) groups excluding carboxylic acids is 1. The highest BCUT2D eigenvalue weighted by Gasteiger charge is 2.16. The number of ether oxygens (including phenoxy) is 2. The van der Waals surface area contributed by atoms with Crippen molar-refractivity contribution in [2.75, 3.05) is 12.4 Å². The minimum atomic E-state index is -0.528. The molecular weight excluding hydrogens is 416 g/mol. The molecule has 0 atom stereocenters. The summed E-state index contributed by atoms with van der Waals surface area (Å²) in [6.07, 6.45) is 0. The molecule has 0 aliphatic rings. The first-order chi connectivity index (χ1) is 13.9. The number of halogens is 1. The van der Waals surface area contributed by atoms with E-state index in [4.69, 9.17) is 21.1 Å². The highest BCUT2D eigenvalue weighted by molar-refractivity contribution is 7.12. The van der Waals surface area contributed by atoms with Crippen molar-refractivity contribution in [3.63, 3.8) is 0 Å².